The van der Waals surface area contributed by atoms with Crippen LogP contribution in [0.15, 0.2) is 0 Å². The molecular weight excluding hydrogens is 803 g/mol. The number of aliphatic hydroxyl groups is 4. The highest BCUT2D eigenvalue weighted by atomic mass is 17.2. The van der Waals surface area contributed by atoms with E-state index in [2.05, 4.69) is 17.7 Å². The molecule has 0 aliphatic rings. The Labute approximate surface area is 388 Å². The molecule has 0 aliphatic carbocycles. The van der Waals surface area contributed by atoms with Crippen LogP contribution in [0.1, 0.15) is 195 Å². The number of amides is 1. The molecule has 0 fully saturated rings. The van der Waals surface area contributed by atoms with Crippen LogP contribution in [-0.4, -0.2) is 135 Å². The molecule has 16 heteroatoms. The third-order valence-corrected chi connectivity index (χ3v) is 6.43. The summed E-state index contributed by atoms with van der Waals surface area (Å²) in [6.45, 7) is 22.4. The second kappa shape index (κ2) is 82.3. The van der Waals surface area contributed by atoms with Crippen LogP contribution in [-0.2, 0) is 43.3 Å². The Morgan fingerprint density at radius 2 is 1.06 bits per heavy atom. The number of nitrogens with zero attached hydrogens (tertiary/aromatic N) is 1. The van der Waals surface area contributed by atoms with Crippen LogP contribution in [0.4, 0.5) is 0 Å². The minimum atomic E-state index is -0.458. The smallest absolute Gasteiger partial charge is 0.327 e. The second-order valence-corrected chi connectivity index (χ2v) is 12.6. The van der Waals surface area contributed by atoms with E-state index >= 15 is 0 Å². The Hall–Kier alpha value is -2.41. The maximum absolute atomic E-state index is 12.2. The lowest BCUT2D eigenvalue weighted by atomic mass is 9.82. The topological polar surface area (TPSA) is 230 Å². The molecule has 6 N–H and O–H groups in total. The Kier molecular flexibility index (Phi) is 150. The lowest BCUT2D eigenvalue weighted by Crippen LogP contribution is -2.51. The maximum Gasteiger partial charge on any atom is 0.327 e. The number of hydroxylamine groups is 1. The molecule has 2 atom stereocenters. The molecule has 16 nitrogen and oxygen atoms in total. The summed E-state index contributed by atoms with van der Waals surface area (Å²) in [4.78, 5) is 65.0. The van der Waals surface area contributed by atoms with Crippen LogP contribution in [0.3, 0.4) is 0 Å². The van der Waals surface area contributed by atoms with Crippen LogP contribution in [0, 0.1) is 5.41 Å². The van der Waals surface area contributed by atoms with Crippen LogP contribution >= 0.6 is 0 Å². The van der Waals surface area contributed by atoms with Crippen molar-refractivity contribution in [2.24, 2.45) is 5.41 Å². The molecule has 62 heavy (non-hydrogen) atoms. The first-order valence-electron chi connectivity index (χ1n) is 16.9. The molecule has 0 rings (SSSR count). The van der Waals surface area contributed by atoms with Crippen molar-refractivity contribution in [2.45, 2.75) is 213 Å². The lowest BCUT2D eigenvalue weighted by Gasteiger charge is -2.37. The number of hydrogen-bond acceptors (Lipinski definition) is 15. The van der Waals surface area contributed by atoms with Crippen molar-refractivity contribution in [1.29, 1.82) is 0 Å². The molecule has 0 aromatic rings. The summed E-state index contributed by atoms with van der Waals surface area (Å²) in [5.41, 5.74) is 2.23. The normalized spacial score (nSPS) is 9.53. The largest absolute Gasteiger partial charge is 0.396 e. The van der Waals surface area contributed by atoms with E-state index in [-0.39, 0.29) is 158 Å². The minimum Gasteiger partial charge on any atom is -0.396 e. The summed E-state index contributed by atoms with van der Waals surface area (Å²) in [5.74, 6) is -0.421. The van der Waals surface area contributed by atoms with E-state index in [9.17, 15) is 9.59 Å². The Morgan fingerprint density at radius 1 is 0.613 bits per heavy atom. The van der Waals surface area contributed by atoms with Gasteiger partial charge in [0.1, 0.15) is 27.1 Å². The van der Waals surface area contributed by atoms with Crippen molar-refractivity contribution < 1.29 is 63.7 Å². The summed E-state index contributed by atoms with van der Waals surface area (Å²) in [6.07, 6.45) is 5.08. The predicted octanol–water partition coefficient (Wildman–Crippen LogP) is 9.52. The first-order valence-corrected chi connectivity index (χ1v) is 16.9. The van der Waals surface area contributed by atoms with Gasteiger partial charge < -0.3 is 49.3 Å². The summed E-state index contributed by atoms with van der Waals surface area (Å²) in [6, 6.07) is -0.217. The zero-order valence-electron chi connectivity index (χ0n) is 31.9. The predicted molar refractivity (Wildman–Crippen MR) is 271 cm³/mol. The fourth-order valence-electron chi connectivity index (χ4n) is 4.10. The molecule has 0 aromatic heterocycles. The number of carbonyl (C=O) groups is 5. The summed E-state index contributed by atoms with van der Waals surface area (Å²) in [5, 5.41) is 38.5. The van der Waals surface area contributed by atoms with Crippen molar-refractivity contribution in [2.75, 3.05) is 59.5 Å². The van der Waals surface area contributed by atoms with Gasteiger partial charge in [-0.15, -0.1) is 0 Å². The summed E-state index contributed by atoms with van der Waals surface area (Å²) >= 11 is 0. The Morgan fingerprint density at radius 3 is 1.45 bits per heavy atom. The van der Waals surface area contributed by atoms with Crippen molar-refractivity contribution in [1.82, 2.24) is 15.7 Å². The van der Waals surface area contributed by atoms with Crippen molar-refractivity contribution in [3.05, 3.63) is 0 Å². The molecule has 0 aromatic carbocycles. The molecule has 0 saturated carbocycles. The zero-order valence-corrected chi connectivity index (χ0v) is 31.9. The van der Waals surface area contributed by atoms with E-state index in [1.54, 1.807) is 4.90 Å². The third kappa shape index (κ3) is 75.0. The lowest BCUT2D eigenvalue weighted by molar-refractivity contribution is -0.301. The van der Waals surface area contributed by atoms with Crippen LogP contribution in [0.25, 0.3) is 0 Å². The van der Waals surface area contributed by atoms with Crippen LogP contribution < -0.4 is 10.8 Å². The second-order valence-electron chi connectivity index (χ2n) is 12.6. The summed E-state index contributed by atoms with van der Waals surface area (Å²) < 4.78 is 5.90. The standard InChI is InChI=1S/C20H42N2O7.C11H23NO3.3CH2O.12CH4/c1-5-6-10-22-29-18(25)15-17(26-13-9-12-24)19(20(2,3)4)21-16-28-27-14-8-7-11-23;1-11(2,3)12(7-4-5-8-13)10(15)6-9-14;3*1-2;;;;;;;;;;;;/h17,19,21-24H,5-16H2,1-4H3;13-14H,4-9H2,1-3H3;3*1H2;12*1H4. The monoisotopic (exact) mass is 922 g/mol. The van der Waals surface area contributed by atoms with Crippen molar-refractivity contribution in [3.63, 3.8) is 0 Å². The summed E-state index contributed by atoms with van der Waals surface area (Å²) in [7, 11) is 0. The Balaban J connectivity index is -0.0000000359. The highest BCUT2D eigenvalue weighted by molar-refractivity contribution is 5.77. The minimum absolute atomic E-state index is 0. The molecule has 0 spiro atoms. The fourth-order valence-corrected chi connectivity index (χ4v) is 4.10. The fraction of sp³-hybridized carbons (Fsp3) is 0.891. The number of unbranched alkanes of at least 4 members (excludes halogenated alkanes) is 3. The molecule has 396 valence electrons. The Bertz CT molecular complexity index is 739. The first kappa shape index (κ1) is 113. The van der Waals surface area contributed by atoms with Crippen molar-refractivity contribution >= 4 is 32.2 Å². The van der Waals surface area contributed by atoms with Crippen molar-refractivity contribution in [3.8, 4) is 0 Å². The highest BCUT2D eigenvalue weighted by Gasteiger charge is 2.34. The van der Waals surface area contributed by atoms with Gasteiger partial charge in [0.05, 0.1) is 25.7 Å². The van der Waals surface area contributed by atoms with E-state index in [1.807, 2.05) is 61.9 Å². The average molecular weight is 922 g/mol. The van der Waals surface area contributed by atoms with E-state index in [4.69, 9.17) is 54.2 Å². The van der Waals surface area contributed by atoms with Crippen LogP contribution in [0.2, 0.25) is 0 Å². The molecular formula is C46H119N3O13. The SMILES string of the molecule is C.C.C.C.C.C.C.C.C.C.C.C.C=O.C=O.C=O.CC(C)(C)N(CCCCO)C(=O)CCO.CCCCNOC(=O)CC(OCCCO)C(NCOOCCCCO)C(C)(C)C. The molecule has 0 radical (unpaired) electrons. The molecule has 0 saturated heterocycles. The highest BCUT2D eigenvalue weighted by Crippen LogP contribution is 2.26. The average Bonchev–Trinajstić information content (AvgIpc) is 3.08. The first-order chi connectivity index (χ1) is 23.8. The number of aliphatic hydroxyl groups excluding tert-OH is 4. The number of ether oxygens (including phenoxy) is 1. The van der Waals surface area contributed by atoms with Gasteiger partial charge in [-0.3, -0.25) is 14.9 Å². The van der Waals surface area contributed by atoms with Gasteiger partial charge in [-0.05, 0) is 64.7 Å². The number of hydrogen-bond donors (Lipinski definition) is 6. The molecule has 2 unspecified atom stereocenters. The van der Waals surface area contributed by atoms with Gasteiger partial charge >= 0.3 is 5.97 Å². The van der Waals surface area contributed by atoms with Gasteiger partial charge in [0.25, 0.3) is 0 Å². The zero-order chi connectivity index (χ0) is 39.9. The third-order valence-electron chi connectivity index (χ3n) is 6.43. The quantitative estimate of drug-likeness (QED) is 0.0217. The van der Waals surface area contributed by atoms with Crippen LogP contribution in [0.5, 0.6) is 0 Å². The number of carbonyl (C=O) groups excluding carboxylic acids is 5. The molecule has 0 heterocycles. The molecule has 1 amide bonds. The van der Waals surface area contributed by atoms with Gasteiger partial charge in [-0.1, -0.05) is 123 Å². The molecule has 0 aliphatic heterocycles. The van der Waals surface area contributed by atoms with Gasteiger partial charge in [0, 0.05) is 57.5 Å². The van der Waals surface area contributed by atoms with E-state index in [0.29, 0.717) is 52.0 Å². The molecule has 0 bridgehead atoms. The maximum atomic E-state index is 12.2. The van der Waals surface area contributed by atoms with Gasteiger partial charge in [-0.2, -0.15) is 5.48 Å². The van der Waals surface area contributed by atoms with Gasteiger partial charge in [0.15, 0.2) is 0 Å². The van der Waals surface area contributed by atoms with E-state index in [1.165, 1.54) is 0 Å². The van der Waals surface area contributed by atoms with E-state index < -0.39 is 12.1 Å². The van der Waals surface area contributed by atoms with Gasteiger partial charge in [-0.25, -0.2) is 9.78 Å². The number of rotatable bonds is 25. The van der Waals surface area contributed by atoms with E-state index in [0.717, 1.165) is 19.3 Å². The number of nitrogens with one attached hydrogen (secondary N) is 2. The van der Waals surface area contributed by atoms with Gasteiger partial charge in [0.2, 0.25) is 5.91 Å².